The van der Waals surface area contributed by atoms with Gasteiger partial charge in [-0.3, -0.25) is 0 Å². The lowest BCUT2D eigenvalue weighted by Gasteiger charge is -2.21. The molecule has 0 aromatic carbocycles. The van der Waals surface area contributed by atoms with Gasteiger partial charge in [-0.15, -0.1) is 11.3 Å². The summed E-state index contributed by atoms with van der Waals surface area (Å²) >= 11 is 1.69. The molecule has 20 heavy (non-hydrogen) atoms. The van der Waals surface area contributed by atoms with E-state index >= 15 is 0 Å². The third kappa shape index (κ3) is 6.94. The summed E-state index contributed by atoms with van der Waals surface area (Å²) in [7, 11) is 0. The topological polar surface area (TPSA) is 29.5 Å². The van der Waals surface area contributed by atoms with Crippen molar-refractivity contribution >= 4 is 17.4 Å². The van der Waals surface area contributed by atoms with Crippen LogP contribution in [0.2, 0.25) is 0 Å². The van der Waals surface area contributed by atoms with E-state index in [-0.39, 0.29) is 6.09 Å². The molecule has 3 nitrogen and oxygen atoms in total. The number of unbranched alkanes of at least 4 members (excludes halogenated alkanes) is 4. The minimum absolute atomic E-state index is 0.164. The van der Waals surface area contributed by atoms with Gasteiger partial charge in [-0.05, 0) is 24.3 Å². The second-order valence-corrected chi connectivity index (χ2v) is 6.06. The Morgan fingerprint density at radius 3 is 2.65 bits per heavy atom. The van der Waals surface area contributed by atoms with Crippen LogP contribution in [0.3, 0.4) is 0 Å². The van der Waals surface area contributed by atoms with Crippen molar-refractivity contribution in [2.45, 2.75) is 58.9 Å². The van der Waals surface area contributed by atoms with Gasteiger partial charge in [0.2, 0.25) is 0 Å². The Balaban J connectivity index is 2.35. The van der Waals surface area contributed by atoms with Gasteiger partial charge >= 0.3 is 6.09 Å². The van der Waals surface area contributed by atoms with E-state index in [4.69, 9.17) is 4.74 Å². The van der Waals surface area contributed by atoms with Crippen molar-refractivity contribution in [1.82, 2.24) is 4.90 Å². The van der Waals surface area contributed by atoms with Crippen LogP contribution in [0.1, 0.15) is 57.2 Å². The van der Waals surface area contributed by atoms with Gasteiger partial charge in [-0.25, -0.2) is 4.79 Å². The number of nitrogens with zero attached hydrogens (tertiary/aromatic N) is 1. The molecular formula is C16H27NO2S. The Hall–Kier alpha value is -1.03. The Labute approximate surface area is 126 Å². The highest BCUT2D eigenvalue weighted by Gasteiger charge is 2.15. The van der Waals surface area contributed by atoms with Crippen molar-refractivity contribution in [3.8, 4) is 0 Å². The zero-order valence-electron chi connectivity index (χ0n) is 12.8. The number of carbonyl (C=O) groups excluding carboxylic acids is 1. The van der Waals surface area contributed by atoms with Crippen LogP contribution in [0.25, 0.3) is 0 Å². The van der Waals surface area contributed by atoms with E-state index in [1.807, 2.05) is 16.3 Å². The summed E-state index contributed by atoms with van der Waals surface area (Å²) in [6.07, 6.45) is 6.48. The fourth-order valence-corrected chi connectivity index (χ4v) is 2.67. The molecule has 0 aliphatic carbocycles. The molecule has 4 heteroatoms. The normalized spacial score (nSPS) is 10.5. The molecule has 114 valence electrons. The Bertz CT molecular complexity index is 351. The van der Waals surface area contributed by atoms with E-state index in [2.05, 4.69) is 19.9 Å². The molecule has 0 unspecified atom stereocenters. The van der Waals surface area contributed by atoms with Gasteiger partial charge < -0.3 is 9.64 Å². The maximum Gasteiger partial charge on any atom is 0.410 e. The molecule has 0 saturated carbocycles. The fraction of sp³-hybridized carbons (Fsp3) is 0.688. The van der Waals surface area contributed by atoms with Crippen LogP contribution < -0.4 is 0 Å². The molecule has 1 rings (SSSR count). The molecule has 0 aliphatic heterocycles. The van der Waals surface area contributed by atoms with Gasteiger partial charge in [0.15, 0.2) is 0 Å². The van der Waals surface area contributed by atoms with E-state index in [0.29, 0.717) is 13.2 Å². The number of hydrogen-bond donors (Lipinski definition) is 0. The molecule has 0 saturated heterocycles. The second-order valence-electron chi connectivity index (χ2n) is 5.03. The lowest BCUT2D eigenvalue weighted by atomic mass is 10.2. The molecule has 0 radical (unpaired) electrons. The van der Waals surface area contributed by atoms with Crippen molar-refractivity contribution in [1.29, 1.82) is 0 Å². The Morgan fingerprint density at radius 1 is 1.20 bits per heavy atom. The monoisotopic (exact) mass is 297 g/mol. The highest BCUT2D eigenvalue weighted by Crippen LogP contribution is 2.13. The number of rotatable bonds is 10. The molecule has 1 aromatic rings. The minimum Gasteiger partial charge on any atom is -0.449 e. The van der Waals surface area contributed by atoms with Crippen molar-refractivity contribution in [2.24, 2.45) is 0 Å². The fourth-order valence-electron chi connectivity index (χ4n) is 1.95. The summed E-state index contributed by atoms with van der Waals surface area (Å²) in [6.45, 7) is 6.32. The zero-order valence-corrected chi connectivity index (χ0v) is 13.6. The average molecular weight is 297 g/mol. The third-order valence-corrected chi connectivity index (χ3v) is 4.05. The van der Waals surface area contributed by atoms with Gasteiger partial charge in [0.05, 0.1) is 13.2 Å². The summed E-state index contributed by atoms with van der Waals surface area (Å²) < 4.78 is 5.39. The second kappa shape index (κ2) is 10.7. The van der Waals surface area contributed by atoms with E-state index in [1.54, 1.807) is 11.3 Å². The van der Waals surface area contributed by atoms with Crippen LogP contribution >= 0.6 is 11.3 Å². The summed E-state index contributed by atoms with van der Waals surface area (Å²) in [5, 5.41) is 2.05. The molecule has 1 heterocycles. The van der Waals surface area contributed by atoms with E-state index in [9.17, 15) is 4.79 Å². The van der Waals surface area contributed by atoms with Gasteiger partial charge in [0.1, 0.15) is 0 Å². The van der Waals surface area contributed by atoms with Gasteiger partial charge in [0, 0.05) is 11.4 Å². The summed E-state index contributed by atoms with van der Waals surface area (Å²) in [4.78, 5) is 15.2. The summed E-state index contributed by atoms with van der Waals surface area (Å²) in [5.41, 5.74) is 0. The molecule has 0 spiro atoms. The van der Waals surface area contributed by atoms with Crippen LogP contribution in [-0.2, 0) is 11.3 Å². The number of amides is 1. The van der Waals surface area contributed by atoms with Crippen molar-refractivity contribution < 1.29 is 9.53 Å². The minimum atomic E-state index is -0.164. The summed E-state index contributed by atoms with van der Waals surface area (Å²) in [5.74, 6) is 0. The summed E-state index contributed by atoms with van der Waals surface area (Å²) in [6, 6.07) is 4.09. The predicted octanol–water partition coefficient (Wildman–Crippen LogP) is 5.07. The van der Waals surface area contributed by atoms with Crippen molar-refractivity contribution in [3.05, 3.63) is 22.4 Å². The van der Waals surface area contributed by atoms with Crippen LogP contribution in [0.15, 0.2) is 17.5 Å². The number of hydrogen-bond acceptors (Lipinski definition) is 3. The third-order valence-electron chi connectivity index (χ3n) is 3.19. The molecule has 1 aromatic heterocycles. The smallest absolute Gasteiger partial charge is 0.410 e. The molecule has 1 amide bonds. The van der Waals surface area contributed by atoms with Crippen molar-refractivity contribution in [2.75, 3.05) is 13.2 Å². The van der Waals surface area contributed by atoms with Gasteiger partial charge in [-0.2, -0.15) is 0 Å². The molecule has 0 N–H and O–H groups in total. The standard InChI is InChI=1S/C16H27NO2S/c1-3-5-7-8-12-19-16(18)17(11-6-4-2)14-15-10-9-13-20-15/h9-10,13H,3-8,11-12,14H2,1-2H3. The lowest BCUT2D eigenvalue weighted by Crippen LogP contribution is -2.32. The molecule has 0 fully saturated rings. The zero-order chi connectivity index (χ0) is 14.6. The number of carbonyl (C=O) groups is 1. The molecular weight excluding hydrogens is 270 g/mol. The van der Waals surface area contributed by atoms with Crippen molar-refractivity contribution in [3.63, 3.8) is 0 Å². The van der Waals surface area contributed by atoms with Crippen LogP contribution in [0.5, 0.6) is 0 Å². The largest absolute Gasteiger partial charge is 0.449 e. The maximum atomic E-state index is 12.1. The molecule has 0 bridgehead atoms. The molecule has 0 atom stereocenters. The van der Waals surface area contributed by atoms with Gasteiger partial charge in [-0.1, -0.05) is 45.6 Å². The van der Waals surface area contributed by atoms with Crippen LogP contribution in [0.4, 0.5) is 4.79 Å². The SMILES string of the molecule is CCCCCCOC(=O)N(CCCC)Cc1cccs1. The molecule has 0 aliphatic rings. The highest BCUT2D eigenvalue weighted by molar-refractivity contribution is 7.09. The number of thiophene rings is 1. The van der Waals surface area contributed by atoms with E-state index < -0.39 is 0 Å². The predicted molar refractivity (Wildman–Crippen MR) is 85.1 cm³/mol. The van der Waals surface area contributed by atoms with Crippen LogP contribution in [-0.4, -0.2) is 24.1 Å². The first kappa shape index (κ1) is 17.0. The number of ether oxygens (including phenoxy) is 1. The first-order valence-electron chi connectivity index (χ1n) is 7.72. The van der Waals surface area contributed by atoms with Crippen LogP contribution in [0, 0.1) is 0 Å². The highest BCUT2D eigenvalue weighted by atomic mass is 32.1. The average Bonchev–Trinajstić information content (AvgIpc) is 2.96. The first-order valence-corrected chi connectivity index (χ1v) is 8.60. The quantitative estimate of drug-likeness (QED) is 0.564. The van der Waals surface area contributed by atoms with Gasteiger partial charge in [0.25, 0.3) is 0 Å². The van der Waals surface area contributed by atoms with E-state index in [1.165, 1.54) is 17.7 Å². The first-order chi connectivity index (χ1) is 9.77. The Kier molecular flexibility index (Phi) is 9.13. The van der Waals surface area contributed by atoms with E-state index in [0.717, 1.165) is 32.2 Å². The Morgan fingerprint density at radius 2 is 2.00 bits per heavy atom. The lowest BCUT2D eigenvalue weighted by molar-refractivity contribution is 0.0978. The maximum absolute atomic E-state index is 12.1.